The van der Waals surface area contributed by atoms with Crippen molar-refractivity contribution in [2.45, 2.75) is 59.4 Å². The van der Waals surface area contributed by atoms with Crippen molar-refractivity contribution >= 4 is 41.8 Å². The molecule has 1 aromatic rings. The molecule has 0 bridgehead atoms. The number of hydrogen-bond donors (Lipinski definition) is 3. The average Bonchev–Trinajstić information content (AvgIpc) is 2.92. The van der Waals surface area contributed by atoms with E-state index in [9.17, 15) is 23.9 Å². The van der Waals surface area contributed by atoms with Gasteiger partial charge in [-0.3, -0.25) is 14.4 Å². The monoisotopic (exact) mass is 545 g/mol. The van der Waals surface area contributed by atoms with Gasteiger partial charge in [0.25, 0.3) is 11.8 Å². The SMILES string of the molecule is C=NN1C(C(=O)NCC2(CC)CCC(C)(C(=O)O)CC2)=CC(C(=O)NCc2ccc(F)c(Cl)c2)=N/C1=C/C. The van der Waals surface area contributed by atoms with E-state index in [1.807, 2.05) is 6.92 Å². The highest BCUT2D eigenvalue weighted by Gasteiger charge is 2.43. The van der Waals surface area contributed by atoms with Crippen LogP contribution in [0, 0.1) is 16.6 Å². The van der Waals surface area contributed by atoms with E-state index in [0.29, 0.717) is 37.8 Å². The van der Waals surface area contributed by atoms with Gasteiger partial charge in [0.15, 0.2) is 5.82 Å². The third-order valence-corrected chi connectivity index (χ3v) is 7.85. The van der Waals surface area contributed by atoms with Gasteiger partial charge in [-0.15, -0.1) is 0 Å². The van der Waals surface area contributed by atoms with Crippen molar-refractivity contribution in [3.05, 3.63) is 58.3 Å². The summed E-state index contributed by atoms with van der Waals surface area (Å²) in [6.45, 7) is 9.47. The zero-order valence-corrected chi connectivity index (χ0v) is 22.6. The quantitative estimate of drug-likeness (QED) is 0.397. The molecular formula is C27H33ClFN5O4. The molecule has 0 unspecified atom stereocenters. The van der Waals surface area contributed by atoms with Crippen molar-refractivity contribution in [3.63, 3.8) is 0 Å². The molecule has 0 radical (unpaired) electrons. The van der Waals surface area contributed by atoms with Crippen molar-refractivity contribution in [1.82, 2.24) is 15.6 Å². The predicted octanol–water partition coefficient (Wildman–Crippen LogP) is 4.39. The van der Waals surface area contributed by atoms with Crippen LogP contribution in [-0.2, 0) is 20.9 Å². The summed E-state index contributed by atoms with van der Waals surface area (Å²) in [7, 11) is 0. The molecule has 1 heterocycles. The number of carbonyl (C=O) groups is 3. The molecule has 204 valence electrons. The lowest BCUT2D eigenvalue weighted by Gasteiger charge is -2.43. The first kappa shape index (κ1) is 29.0. The summed E-state index contributed by atoms with van der Waals surface area (Å²) in [5.41, 5.74) is -0.302. The van der Waals surface area contributed by atoms with Crippen molar-refractivity contribution in [2.24, 2.45) is 20.9 Å². The molecule has 0 aromatic heterocycles. The topological polar surface area (TPSA) is 123 Å². The second-order valence-corrected chi connectivity index (χ2v) is 10.4. The normalized spacial score (nSPS) is 24.3. The van der Waals surface area contributed by atoms with E-state index in [1.165, 1.54) is 29.3 Å². The number of hydrogen-bond acceptors (Lipinski definition) is 6. The molecule has 3 rings (SSSR count). The second kappa shape index (κ2) is 11.9. The number of aliphatic imine (C=N–C) groups is 1. The Bertz CT molecular complexity index is 1220. The molecule has 1 fully saturated rings. The van der Waals surface area contributed by atoms with Crippen molar-refractivity contribution in [1.29, 1.82) is 0 Å². The number of carboxylic acids is 1. The van der Waals surface area contributed by atoms with Crippen LogP contribution in [0.3, 0.4) is 0 Å². The van der Waals surface area contributed by atoms with Crippen molar-refractivity contribution in [2.75, 3.05) is 6.54 Å². The van der Waals surface area contributed by atoms with Crippen molar-refractivity contribution in [3.8, 4) is 0 Å². The number of rotatable bonds is 9. The fraction of sp³-hybridized carbons (Fsp3) is 0.444. The first-order valence-electron chi connectivity index (χ1n) is 12.4. The number of amides is 2. The third-order valence-electron chi connectivity index (χ3n) is 7.56. The fourth-order valence-electron chi connectivity index (χ4n) is 4.61. The van der Waals surface area contributed by atoms with Crippen LogP contribution in [0.4, 0.5) is 4.39 Å². The number of nitrogens with one attached hydrogen (secondary N) is 2. The molecule has 38 heavy (non-hydrogen) atoms. The highest BCUT2D eigenvalue weighted by atomic mass is 35.5. The first-order chi connectivity index (χ1) is 18.0. The molecule has 3 N–H and O–H groups in total. The molecule has 1 aliphatic carbocycles. The second-order valence-electron chi connectivity index (χ2n) is 9.96. The lowest BCUT2D eigenvalue weighted by molar-refractivity contribution is -0.151. The van der Waals surface area contributed by atoms with Crippen LogP contribution in [0.25, 0.3) is 0 Å². The van der Waals surface area contributed by atoms with Crippen LogP contribution in [0.15, 0.2) is 52.0 Å². The zero-order chi connectivity index (χ0) is 28.1. The Morgan fingerprint density at radius 2 is 1.92 bits per heavy atom. The van der Waals surface area contributed by atoms with Gasteiger partial charge < -0.3 is 15.7 Å². The Kier molecular flexibility index (Phi) is 9.09. The van der Waals surface area contributed by atoms with E-state index in [-0.39, 0.29) is 34.2 Å². The Hall–Kier alpha value is -3.53. The number of halogens is 2. The Morgan fingerprint density at radius 1 is 1.24 bits per heavy atom. The number of carboxylic acid groups (broad SMARTS) is 1. The summed E-state index contributed by atoms with van der Waals surface area (Å²) in [5.74, 6) is -2.09. The van der Waals surface area contributed by atoms with E-state index < -0.39 is 29.0 Å². The van der Waals surface area contributed by atoms with Crippen LogP contribution in [0.1, 0.15) is 58.4 Å². The van der Waals surface area contributed by atoms with E-state index in [1.54, 1.807) is 19.9 Å². The molecule has 11 heteroatoms. The Morgan fingerprint density at radius 3 is 2.47 bits per heavy atom. The number of allylic oxidation sites excluding steroid dienone is 1. The maximum absolute atomic E-state index is 13.4. The van der Waals surface area contributed by atoms with Crippen LogP contribution in [0.5, 0.6) is 0 Å². The van der Waals surface area contributed by atoms with Gasteiger partial charge in [0.2, 0.25) is 0 Å². The number of hydrazone groups is 1. The molecule has 0 atom stereocenters. The van der Waals surface area contributed by atoms with E-state index >= 15 is 0 Å². The van der Waals surface area contributed by atoms with E-state index in [2.05, 4.69) is 27.4 Å². The minimum Gasteiger partial charge on any atom is -0.481 e. The number of benzene rings is 1. The van der Waals surface area contributed by atoms with Gasteiger partial charge in [0, 0.05) is 25.9 Å². The highest BCUT2D eigenvalue weighted by molar-refractivity contribution is 6.44. The molecule has 2 aliphatic rings. The lowest BCUT2D eigenvalue weighted by atomic mass is 9.63. The van der Waals surface area contributed by atoms with Crippen LogP contribution in [0.2, 0.25) is 5.02 Å². The summed E-state index contributed by atoms with van der Waals surface area (Å²) < 4.78 is 13.4. The first-order valence-corrected chi connectivity index (χ1v) is 12.8. The van der Waals surface area contributed by atoms with Gasteiger partial charge >= 0.3 is 5.97 Å². The van der Waals surface area contributed by atoms with Gasteiger partial charge in [0.1, 0.15) is 17.2 Å². The Labute approximate surface area is 226 Å². The average molecular weight is 546 g/mol. The summed E-state index contributed by atoms with van der Waals surface area (Å²) >= 11 is 5.81. The minimum atomic E-state index is -0.794. The largest absolute Gasteiger partial charge is 0.481 e. The van der Waals surface area contributed by atoms with Gasteiger partial charge in [-0.05, 0) is 75.1 Å². The maximum Gasteiger partial charge on any atom is 0.309 e. The molecule has 1 aliphatic heterocycles. The summed E-state index contributed by atoms with van der Waals surface area (Å²) in [5, 5.41) is 20.3. The maximum atomic E-state index is 13.4. The Balaban J connectivity index is 1.74. The number of nitrogens with zero attached hydrogens (tertiary/aromatic N) is 3. The molecule has 9 nitrogen and oxygen atoms in total. The van der Waals surface area contributed by atoms with Gasteiger partial charge in [-0.25, -0.2) is 14.4 Å². The lowest BCUT2D eigenvalue weighted by Crippen LogP contribution is -2.45. The summed E-state index contributed by atoms with van der Waals surface area (Å²) in [6.07, 6.45) is 6.15. The van der Waals surface area contributed by atoms with E-state index in [0.717, 1.165) is 6.42 Å². The molecule has 0 spiro atoms. The summed E-state index contributed by atoms with van der Waals surface area (Å²) in [4.78, 5) is 42.2. The van der Waals surface area contributed by atoms with Crippen LogP contribution < -0.4 is 10.6 Å². The van der Waals surface area contributed by atoms with Crippen LogP contribution in [-0.4, -0.2) is 46.9 Å². The predicted molar refractivity (Wildman–Crippen MR) is 144 cm³/mol. The molecule has 1 saturated carbocycles. The standard InChI is InChI=1S/C27H33ClFN5O4/c1-5-22-33-20(23(35)31-15-17-7-8-19(29)18(28)13-17)14-21(34(22)30-4)24(36)32-16-27(6-2)11-9-26(3,10-12-27)25(37)38/h5,7-8,13-14H,4,6,9-12,15-16H2,1-3H3,(H,31,35)(H,32,36)(H,37,38)/b22-5-. The molecule has 0 saturated heterocycles. The molecule has 1 aromatic carbocycles. The fourth-order valence-corrected chi connectivity index (χ4v) is 4.82. The smallest absolute Gasteiger partial charge is 0.309 e. The van der Waals surface area contributed by atoms with Gasteiger partial charge in [-0.1, -0.05) is 24.6 Å². The number of aliphatic carboxylic acids is 1. The minimum absolute atomic E-state index is 0.00328. The van der Waals surface area contributed by atoms with E-state index in [4.69, 9.17) is 11.6 Å². The third kappa shape index (κ3) is 6.30. The van der Waals surface area contributed by atoms with Gasteiger partial charge in [0.05, 0.1) is 10.4 Å². The number of carbonyl (C=O) groups excluding carboxylic acids is 2. The molecule has 2 amide bonds. The zero-order valence-electron chi connectivity index (χ0n) is 21.8. The highest BCUT2D eigenvalue weighted by Crippen LogP contribution is 2.47. The van der Waals surface area contributed by atoms with Crippen LogP contribution >= 0.6 is 11.6 Å². The van der Waals surface area contributed by atoms with Crippen molar-refractivity contribution < 1.29 is 23.9 Å². The molecular weight excluding hydrogens is 513 g/mol. The van der Waals surface area contributed by atoms with Gasteiger partial charge in [-0.2, -0.15) is 5.10 Å². The summed E-state index contributed by atoms with van der Waals surface area (Å²) in [6, 6.07) is 4.14.